The number of aliphatic hydroxyl groups excluding tert-OH is 1. The van der Waals surface area contributed by atoms with Gasteiger partial charge in [-0.2, -0.15) is 13.2 Å². The minimum Gasteiger partial charge on any atom is -0.423 e. The van der Waals surface area contributed by atoms with E-state index in [2.05, 4.69) is 4.72 Å². The monoisotopic (exact) mass is 481 g/mol. The standard InChI is InChI=1S/C23H22F3NO5S/c24-23(25,26)19-13-21(29)32-20-8-5-16(12-18(19)20)11-15-3-6-17(7-4-15)33(30,31)27-22(14-28)9-1-2-10-22/h3-8,12-13,27-28H,1-2,9-11,14H2. The Balaban J connectivity index is 1.58. The smallest absolute Gasteiger partial charge is 0.417 e. The highest BCUT2D eigenvalue weighted by molar-refractivity contribution is 7.89. The van der Waals surface area contributed by atoms with Gasteiger partial charge in [0.1, 0.15) is 5.58 Å². The van der Waals surface area contributed by atoms with Crippen LogP contribution in [0, 0.1) is 0 Å². The molecule has 0 unspecified atom stereocenters. The molecule has 0 radical (unpaired) electrons. The second-order valence-electron chi connectivity index (χ2n) is 8.38. The van der Waals surface area contributed by atoms with Crippen molar-refractivity contribution in [1.29, 1.82) is 0 Å². The number of hydrogen-bond acceptors (Lipinski definition) is 5. The molecule has 1 heterocycles. The minimum atomic E-state index is -4.71. The van der Waals surface area contributed by atoms with Gasteiger partial charge in [-0.15, -0.1) is 0 Å². The van der Waals surface area contributed by atoms with Gasteiger partial charge in [-0.1, -0.05) is 31.0 Å². The van der Waals surface area contributed by atoms with E-state index in [0.29, 0.717) is 30.0 Å². The maximum Gasteiger partial charge on any atom is 0.417 e. The van der Waals surface area contributed by atoms with E-state index in [0.717, 1.165) is 12.8 Å². The molecule has 176 valence electrons. The van der Waals surface area contributed by atoms with Crippen LogP contribution < -0.4 is 10.3 Å². The number of benzene rings is 2. The first-order chi connectivity index (χ1) is 15.5. The summed E-state index contributed by atoms with van der Waals surface area (Å²) in [4.78, 5) is 11.5. The summed E-state index contributed by atoms with van der Waals surface area (Å²) in [6, 6.07) is 10.7. The van der Waals surface area contributed by atoms with E-state index in [-0.39, 0.29) is 28.9 Å². The molecule has 1 aliphatic carbocycles. The summed E-state index contributed by atoms with van der Waals surface area (Å²) in [7, 11) is -3.84. The number of aliphatic hydroxyl groups is 1. The highest BCUT2D eigenvalue weighted by atomic mass is 32.2. The van der Waals surface area contributed by atoms with Crippen LogP contribution in [0.5, 0.6) is 0 Å². The van der Waals surface area contributed by atoms with Crippen LogP contribution in [0.3, 0.4) is 0 Å². The molecule has 1 aromatic heterocycles. The van der Waals surface area contributed by atoms with E-state index in [4.69, 9.17) is 4.42 Å². The quantitative estimate of drug-likeness (QED) is 0.519. The Morgan fingerprint density at radius 3 is 2.24 bits per heavy atom. The fourth-order valence-corrected chi connectivity index (χ4v) is 5.72. The third kappa shape index (κ3) is 4.97. The Bertz CT molecular complexity index is 1320. The lowest BCUT2D eigenvalue weighted by Gasteiger charge is -2.27. The van der Waals surface area contributed by atoms with E-state index in [1.54, 1.807) is 18.2 Å². The first-order valence-electron chi connectivity index (χ1n) is 10.4. The van der Waals surface area contributed by atoms with Gasteiger partial charge < -0.3 is 9.52 Å². The van der Waals surface area contributed by atoms with Crippen LogP contribution in [0.25, 0.3) is 11.0 Å². The minimum absolute atomic E-state index is 0.0469. The predicted molar refractivity (Wildman–Crippen MR) is 115 cm³/mol. The average Bonchev–Trinajstić information content (AvgIpc) is 3.21. The first kappa shape index (κ1) is 23.5. The summed E-state index contributed by atoms with van der Waals surface area (Å²) >= 11 is 0. The zero-order valence-corrected chi connectivity index (χ0v) is 18.3. The molecule has 1 fully saturated rings. The summed E-state index contributed by atoms with van der Waals surface area (Å²) in [5.74, 6) is 0. The number of nitrogens with one attached hydrogen (secondary N) is 1. The Kier molecular flexibility index (Phi) is 6.10. The lowest BCUT2D eigenvalue weighted by molar-refractivity contribution is -0.136. The van der Waals surface area contributed by atoms with Crippen molar-refractivity contribution in [2.75, 3.05) is 6.61 Å². The van der Waals surface area contributed by atoms with Crippen LogP contribution in [-0.2, 0) is 22.6 Å². The molecule has 0 amide bonds. The fraction of sp³-hybridized carbons (Fsp3) is 0.348. The molecule has 3 aromatic rings. The van der Waals surface area contributed by atoms with E-state index >= 15 is 0 Å². The summed E-state index contributed by atoms with van der Waals surface area (Å²) in [6.07, 6.45) is -1.63. The number of rotatable bonds is 6. The van der Waals surface area contributed by atoms with Gasteiger partial charge in [-0.3, -0.25) is 0 Å². The molecule has 0 atom stereocenters. The third-order valence-corrected chi connectivity index (χ3v) is 7.56. The van der Waals surface area contributed by atoms with Gasteiger partial charge in [0, 0.05) is 11.5 Å². The van der Waals surface area contributed by atoms with Crippen molar-refractivity contribution >= 4 is 21.0 Å². The number of fused-ring (bicyclic) bond motifs is 1. The molecular weight excluding hydrogens is 459 g/mol. The fourth-order valence-electron chi connectivity index (χ4n) is 4.26. The van der Waals surface area contributed by atoms with E-state index in [1.165, 1.54) is 24.3 Å². The molecule has 33 heavy (non-hydrogen) atoms. The van der Waals surface area contributed by atoms with Gasteiger partial charge in [0.25, 0.3) is 0 Å². The Hall–Kier alpha value is -2.69. The second kappa shape index (κ2) is 8.58. The molecule has 2 aromatic carbocycles. The van der Waals surface area contributed by atoms with Gasteiger partial charge in [0.05, 0.1) is 22.6 Å². The van der Waals surface area contributed by atoms with Crippen LogP contribution in [0.4, 0.5) is 13.2 Å². The van der Waals surface area contributed by atoms with Crippen LogP contribution in [0.2, 0.25) is 0 Å². The van der Waals surface area contributed by atoms with Crippen LogP contribution >= 0.6 is 0 Å². The number of hydrogen-bond donors (Lipinski definition) is 2. The highest BCUT2D eigenvalue weighted by Crippen LogP contribution is 2.34. The Morgan fingerprint density at radius 1 is 1.00 bits per heavy atom. The summed E-state index contributed by atoms with van der Waals surface area (Å²) < 4.78 is 73.1. The van der Waals surface area contributed by atoms with Gasteiger partial charge in [0.15, 0.2) is 0 Å². The summed E-state index contributed by atoms with van der Waals surface area (Å²) in [5.41, 5.74) is -1.90. The molecule has 6 nitrogen and oxygen atoms in total. The van der Waals surface area contributed by atoms with Crippen molar-refractivity contribution in [3.05, 3.63) is 75.6 Å². The van der Waals surface area contributed by atoms with Crippen molar-refractivity contribution in [3.63, 3.8) is 0 Å². The molecule has 0 spiro atoms. The van der Waals surface area contributed by atoms with E-state index < -0.39 is 32.9 Å². The van der Waals surface area contributed by atoms with Crippen molar-refractivity contribution in [3.8, 4) is 0 Å². The van der Waals surface area contributed by atoms with E-state index in [9.17, 15) is 31.5 Å². The predicted octanol–water partition coefficient (Wildman–Crippen LogP) is 3.99. The Labute approximate surface area is 188 Å². The molecule has 0 bridgehead atoms. The summed E-state index contributed by atoms with van der Waals surface area (Å²) in [5, 5.41) is 9.46. The molecule has 4 rings (SSSR count). The van der Waals surface area contributed by atoms with Crippen LogP contribution in [0.1, 0.15) is 42.4 Å². The molecule has 1 saturated carbocycles. The van der Waals surface area contributed by atoms with Crippen LogP contribution in [-0.4, -0.2) is 25.7 Å². The Morgan fingerprint density at radius 2 is 1.64 bits per heavy atom. The number of sulfonamides is 1. The lowest BCUT2D eigenvalue weighted by atomic mass is 10.0. The number of alkyl halides is 3. The van der Waals surface area contributed by atoms with Crippen molar-refractivity contribution in [2.45, 2.75) is 48.7 Å². The second-order valence-corrected chi connectivity index (χ2v) is 10.1. The molecule has 2 N–H and O–H groups in total. The first-order valence-corrected chi connectivity index (χ1v) is 11.9. The van der Waals surface area contributed by atoms with E-state index in [1.807, 2.05) is 0 Å². The molecule has 0 aliphatic heterocycles. The van der Waals surface area contributed by atoms with Crippen molar-refractivity contribution < 1.29 is 31.1 Å². The lowest BCUT2D eigenvalue weighted by Crippen LogP contribution is -2.49. The van der Waals surface area contributed by atoms with Gasteiger partial charge in [0.2, 0.25) is 10.0 Å². The van der Waals surface area contributed by atoms with Gasteiger partial charge in [-0.25, -0.2) is 17.9 Å². The van der Waals surface area contributed by atoms with Crippen LogP contribution in [0.15, 0.2) is 62.6 Å². The molecule has 0 saturated heterocycles. The van der Waals surface area contributed by atoms with Crippen molar-refractivity contribution in [1.82, 2.24) is 4.72 Å². The maximum absolute atomic E-state index is 13.4. The van der Waals surface area contributed by atoms with Gasteiger partial charge >= 0.3 is 11.8 Å². The zero-order chi connectivity index (χ0) is 23.9. The average molecular weight is 481 g/mol. The third-order valence-electron chi connectivity index (χ3n) is 5.97. The highest BCUT2D eigenvalue weighted by Gasteiger charge is 2.37. The topological polar surface area (TPSA) is 96.6 Å². The molecule has 10 heteroatoms. The van der Waals surface area contributed by atoms with Gasteiger partial charge in [-0.05, 0) is 54.7 Å². The van der Waals surface area contributed by atoms with Crippen molar-refractivity contribution in [2.24, 2.45) is 0 Å². The summed E-state index contributed by atoms with van der Waals surface area (Å²) in [6.45, 7) is -0.272. The zero-order valence-electron chi connectivity index (χ0n) is 17.5. The SMILES string of the molecule is O=c1cc(C(F)(F)F)c2cc(Cc3ccc(S(=O)(=O)NC4(CO)CCCC4)cc3)ccc2o1. The molecular formula is C23H22F3NO5S. The molecule has 1 aliphatic rings. The largest absolute Gasteiger partial charge is 0.423 e. The normalized spacial score (nSPS) is 16.4. The number of halogens is 3. The maximum atomic E-state index is 13.4.